The van der Waals surface area contributed by atoms with E-state index in [1.165, 1.54) is 12.8 Å². The predicted molar refractivity (Wildman–Crippen MR) is 57.9 cm³/mol. The molecule has 0 amide bonds. The molecule has 0 aromatic heterocycles. The van der Waals surface area contributed by atoms with Crippen molar-refractivity contribution in [1.29, 1.82) is 0 Å². The Hall–Kier alpha value is -0.190. The SMILES string of the molecule is CCOC1CCCN(CC(N)=S)C1. The molecule has 0 aromatic carbocycles. The van der Waals surface area contributed by atoms with Crippen molar-refractivity contribution >= 4 is 17.2 Å². The molecule has 0 saturated carbocycles. The molecule has 0 spiro atoms. The molecule has 0 bridgehead atoms. The third kappa shape index (κ3) is 4.02. The average molecular weight is 202 g/mol. The van der Waals surface area contributed by atoms with Crippen molar-refractivity contribution < 1.29 is 4.74 Å². The number of nitrogens with zero attached hydrogens (tertiary/aromatic N) is 1. The normalized spacial score (nSPS) is 24.5. The van der Waals surface area contributed by atoms with Gasteiger partial charge in [-0.05, 0) is 26.3 Å². The zero-order valence-corrected chi connectivity index (χ0v) is 8.98. The molecule has 1 aliphatic rings. The summed E-state index contributed by atoms with van der Waals surface area (Å²) in [7, 11) is 0. The molecule has 76 valence electrons. The fourth-order valence-electron chi connectivity index (χ4n) is 1.75. The summed E-state index contributed by atoms with van der Waals surface area (Å²) >= 11 is 4.87. The van der Waals surface area contributed by atoms with E-state index in [2.05, 4.69) is 4.90 Å². The molecule has 0 aliphatic carbocycles. The molecule has 2 N–H and O–H groups in total. The molecule has 1 atom stereocenters. The fraction of sp³-hybridized carbons (Fsp3) is 0.889. The topological polar surface area (TPSA) is 38.5 Å². The summed E-state index contributed by atoms with van der Waals surface area (Å²) in [5, 5.41) is 0. The summed E-state index contributed by atoms with van der Waals surface area (Å²) in [5.41, 5.74) is 5.49. The lowest BCUT2D eigenvalue weighted by atomic mass is 10.1. The maximum absolute atomic E-state index is 5.57. The maximum atomic E-state index is 5.57. The Morgan fingerprint density at radius 2 is 2.46 bits per heavy atom. The number of ether oxygens (including phenoxy) is 1. The van der Waals surface area contributed by atoms with Crippen LogP contribution in [0.2, 0.25) is 0 Å². The second kappa shape index (κ2) is 5.52. The van der Waals surface area contributed by atoms with Gasteiger partial charge in [0.25, 0.3) is 0 Å². The molecule has 4 heteroatoms. The van der Waals surface area contributed by atoms with E-state index in [4.69, 9.17) is 22.7 Å². The van der Waals surface area contributed by atoms with Gasteiger partial charge in [0.2, 0.25) is 0 Å². The van der Waals surface area contributed by atoms with E-state index in [0.717, 1.165) is 26.2 Å². The van der Waals surface area contributed by atoms with Crippen molar-refractivity contribution in [2.75, 3.05) is 26.2 Å². The van der Waals surface area contributed by atoms with Crippen LogP contribution in [0, 0.1) is 0 Å². The Labute approximate surface area is 85.2 Å². The van der Waals surface area contributed by atoms with Crippen molar-refractivity contribution in [3.8, 4) is 0 Å². The molecule has 1 unspecified atom stereocenters. The Morgan fingerprint density at radius 1 is 1.69 bits per heavy atom. The summed E-state index contributed by atoms with van der Waals surface area (Å²) in [4.78, 5) is 2.85. The van der Waals surface area contributed by atoms with E-state index in [-0.39, 0.29) is 0 Å². The summed E-state index contributed by atoms with van der Waals surface area (Å²) in [6.45, 7) is 5.64. The van der Waals surface area contributed by atoms with E-state index in [0.29, 0.717) is 11.1 Å². The van der Waals surface area contributed by atoms with Gasteiger partial charge in [-0.1, -0.05) is 12.2 Å². The lowest BCUT2D eigenvalue weighted by Crippen LogP contribution is -2.43. The molecular formula is C9H18N2OS. The molecule has 1 fully saturated rings. The van der Waals surface area contributed by atoms with Crippen LogP contribution in [-0.4, -0.2) is 42.2 Å². The molecule has 3 nitrogen and oxygen atoms in total. The first-order valence-electron chi connectivity index (χ1n) is 4.84. The van der Waals surface area contributed by atoms with Crippen molar-refractivity contribution in [3.05, 3.63) is 0 Å². The number of thiocarbonyl (C=S) groups is 1. The maximum Gasteiger partial charge on any atom is 0.0870 e. The van der Waals surface area contributed by atoms with Crippen molar-refractivity contribution in [1.82, 2.24) is 4.90 Å². The largest absolute Gasteiger partial charge is 0.392 e. The zero-order valence-electron chi connectivity index (χ0n) is 8.16. The molecule has 1 saturated heterocycles. The van der Waals surface area contributed by atoms with Crippen LogP contribution in [0.4, 0.5) is 0 Å². The van der Waals surface area contributed by atoms with Crippen LogP contribution in [0.1, 0.15) is 19.8 Å². The molecule has 1 heterocycles. The lowest BCUT2D eigenvalue weighted by Gasteiger charge is -2.31. The standard InChI is InChI=1S/C9H18N2OS/c1-2-12-8-4-3-5-11(6-8)7-9(10)13/h8H,2-7H2,1H3,(H2,10,13). The number of piperidine rings is 1. The van der Waals surface area contributed by atoms with Crippen LogP contribution in [-0.2, 0) is 4.74 Å². The lowest BCUT2D eigenvalue weighted by molar-refractivity contribution is 0.0104. The Morgan fingerprint density at radius 3 is 3.08 bits per heavy atom. The van der Waals surface area contributed by atoms with Crippen molar-refractivity contribution in [3.63, 3.8) is 0 Å². The fourth-order valence-corrected chi connectivity index (χ4v) is 1.93. The van der Waals surface area contributed by atoms with Gasteiger partial charge in [-0.2, -0.15) is 0 Å². The van der Waals surface area contributed by atoms with Crippen LogP contribution in [0.3, 0.4) is 0 Å². The zero-order chi connectivity index (χ0) is 9.68. The number of rotatable bonds is 4. The first-order chi connectivity index (χ1) is 6.22. The minimum Gasteiger partial charge on any atom is -0.392 e. The number of hydrogen-bond acceptors (Lipinski definition) is 3. The van der Waals surface area contributed by atoms with Crippen LogP contribution in [0.5, 0.6) is 0 Å². The Bertz CT molecular complexity index is 173. The smallest absolute Gasteiger partial charge is 0.0870 e. The minimum atomic E-state index is 0.383. The summed E-state index contributed by atoms with van der Waals surface area (Å²) < 4.78 is 5.57. The van der Waals surface area contributed by atoms with Crippen LogP contribution >= 0.6 is 12.2 Å². The van der Waals surface area contributed by atoms with Crippen LogP contribution < -0.4 is 5.73 Å². The van der Waals surface area contributed by atoms with Gasteiger partial charge < -0.3 is 10.5 Å². The summed E-state index contributed by atoms with van der Waals surface area (Å²) in [6, 6.07) is 0. The highest BCUT2D eigenvalue weighted by molar-refractivity contribution is 7.80. The Balaban J connectivity index is 2.28. The van der Waals surface area contributed by atoms with Gasteiger partial charge in [0.05, 0.1) is 11.1 Å². The third-order valence-corrected chi connectivity index (χ3v) is 2.37. The van der Waals surface area contributed by atoms with Gasteiger partial charge in [-0.25, -0.2) is 0 Å². The third-order valence-electron chi connectivity index (χ3n) is 2.24. The van der Waals surface area contributed by atoms with Crippen LogP contribution in [0.25, 0.3) is 0 Å². The molecule has 0 aromatic rings. The first-order valence-corrected chi connectivity index (χ1v) is 5.25. The van der Waals surface area contributed by atoms with Crippen molar-refractivity contribution in [2.24, 2.45) is 5.73 Å². The molecule has 0 radical (unpaired) electrons. The van der Waals surface area contributed by atoms with E-state index in [9.17, 15) is 0 Å². The highest BCUT2D eigenvalue weighted by Crippen LogP contribution is 2.12. The highest BCUT2D eigenvalue weighted by Gasteiger charge is 2.19. The van der Waals surface area contributed by atoms with Gasteiger partial charge in [-0.15, -0.1) is 0 Å². The quantitative estimate of drug-likeness (QED) is 0.684. The predicted octanol–water partition coefficient (Wildman–Crippen LogP) is 0.773. The van der Waals surface area contributed by atoms with E-state index in [1.807, 2.05) is 6.92 Å². The number of likely N-dealkylation sites (tertiary alicyclic amines) is 1. The van der Waals surface area contributed by atoms with Crippen molar-refractivity contribution in [2.45, 2.75) is 25.9 Å². The van der Waals surface area contributed by atoms with Gasteiger partial charge in [0, 0.05) is 19.7 Å². The average Bonchev–Trinajstić information content (AvgIpc) is 2.04. The molecule has 1 rings (SSSR count). The number of hydrogen-bond donors (Lipinski definition) is 1. The molecule has 1 aliphatic heterocycles. The second-order valence-corrected chi connectivity index (χ2v) is 3.95. The van der Waals surface area contributed by atoms with E-state index < -0.39 is 0 Å². The molecule has 13 heavy (non-hydrogen) atoms. The van der Waals surface area contributed by atoms with Crippen LogP contribution in [0.15, 0.2) is 0 Å². The summed E-state index contributed by atoms with van der Waals surface area (Å²) in [5.74, 6) is 0. The number of nitrogens with two attached hydrogens (primary N) is 1. The van der Waals surface area contributed by atoms with E-state index >= 15 is 0 Å². The first kappa shape index (κ1) is 10.9. The molecular weight excluding hydrogens is 184 g/mol. The summed E-state index contributed by atoms with van der Waals surface area (Å²) in [6.07, 6.45) is 2.74. The van der Waals surface area contributed by atoms with Gasteiger partial charge in [0.1, 0.15) is 0 Å². The highest BCUT2D eigenvalue weighted by atomic mass is 32.1. The Kier molecular flexibility index (Phi) is 4.62. The van der Waals surface area contributed by atoms with Gasteiger partial charge >= 0.3 is 0 Å². The minimum absolute atomic E-state index is 0.383. The monoisotopic (exact) mass is 202 g/mol. The van der Waals surface area contributed by atoms with E-state index in [1.54, 1.807) is 0 Å². The second-order valence-electron chi connectivity index (χ2n) is 3.42. The van der Waals surface area contributed by atoms with Gasteiger partial charge in [-0.3, -0.25) is 4.90 Å². The van der Waals surface area contributed by atoms with Gasteiger partial charge in [0.15, 0.2) is 0 Å².